The second-order valence-electron chi connectivity index (χ2n) is 6.62. The number of carbonyl (C=O) groups excluding carboxylic acids is 2. The second kappa shape index (κ2) is 7.08. The minimum atomic E-state index is -0.916. The van der Waals surface area contributed by atoms with Gasteiger partial charge in [0.1, 0.15) is 0 Å². The number of nitrogens with one attached hydrogen (secondary N) is 1. The average Bonchev–Trinajstić information content (AvgIpc) is 2.97. The smallest absolute Gasteiger partial charge is 0.321 e. The molecule has 25 heavy (non-hydrogen) atoms. The van der Waals surface area contributed by atoms with Crippen molar-refractivity contribution in [1.82, 2.24) is 14.8 Å². The summed E-state index contributed by atoms with van der Waals surface area (Å²) < 4.78 is 0. The van der Waals surface area contributed by atoms with E-state index in [4.69, 9.17) is 5.11 Å². The van der Waals surface area contributed by atoms with Gasteiger partial charge >= 0.3 is 12.0 Å². The van der Waals surface area contributed by atoms with E-state index >= 15 is 0 Å². The molecule has 2 saturated heterocycles. The van der Waals surface area contributed by atoms with E-state index in [1.54, 1.807) is 28.1 Å². The van der Waals surface area contributed by atoms with Gasteiger partial charge in [-0.25, -0.2) is 4.79 Å². The van der Waals surface area contributed by atoms with Crippen molar-refractivity contribution in [3.8, 4) is 0 Å². The number of pyridine rings is 1. The highest BCUT2D eigenvalue weighted by Gasteiger charge is 2.39. The van der Waals surface area contributed by atoms with Gasteiger partial charge in [-0.3, -0.25) is 14.6 Å². The molecule has 1 aromatic heterocycles. The number of aromatic nitrogens is 1. The highest BCUT2D eigenvalue weighted by Crippen LogP contribution is 2.26. The third-order valence-corrected chi connectivity index (χ3v) is 4.85. The molecule has 2 N–H and O–H groups in total. The van der Waals surface area contributed by atoms with Gasteiger partial charge in [0.05, 0.1) is 5.92 Å². The quantitative estimate of drug-likeness (QED) is 0.859. The van der Waals surface area contributed by atoms with Crippen LogP contribution in [0, 0.1) is 12.8 Å². The van der Waals surface area contributed by atoms with E-state index in [9.17, 15) is 14.4 Å². The zero-order valence-corrected chi connectivity index (χ0v) is 14.1. The van der Waals surface area contributed by atoms with Gasteiger partial charge in [-0.15, -0.1) is 0 Å². The number of hydrogen-bond acceptors (Lipinski definition) is 4. The van der Waals surface area contributed by atoms with Gasteiger partial charge in [0.2, 0.25) is 5.91 Å². The van der Waals surface area contributed by atoms with Crippen LogP contribution in [-0.2, 0) is 9.59 Å². The van der Waals surface area contributed by atoms with Crippen molar-refractivity contribution < 1.29 is 19.5 Å². The summed E-state index contributed by atoms with van der Waals surface area (Å²) in [5, 5.41) is 11.9. The summed E-state index contributed by atoms with van der Waals surface area (Å²) in [7, 11) is 0. The number of aliphatic carboxylic acids is 1. The van der Waals surface area contributed by atoms with Gasteiger partial charge in [0.15, 0.2) is 0 Å². The van der Waals surface area contributed by atoms with Gasteiger partial charge < -0.3 is 20.2 Å². The molecule has 0 bridgehead atoms. The van der Waals surface area contributed by atoms with E-state index < -0.39 is 11.9 Å². The van der Waals surface area contributed by atoms with Crippen molar-refractivity contribution in [3.63, 3.8) is 0 Å². The van der Waals surface area contributed by atoms with Crippen molar-refractivity contribution in [2.75, 3.05) is 25.0 Å². The number of likely N-dealkylation sites (tertiary alicyclic amines) is 2. The summed E-state index contributed by atoms with van der Waals surface area (Å²) in [6.45, 7) is 3.23. The number of carboxylic acids is 1. The van der Waals surface area contributed by atoms with Crippen LogP contribution in [0.2, 0.25) is 0 Å². The summed E-state index contributed by atoms with van der Waals surface area (Å²) in [4.78, 5) is 43.0. The summed E-state index contributed by atoms with van der Waals surface area (Å²) in [5.74, 6) is -1.62. The molecular weight excluding hydrogens is 324 g/mol. The minimum absolute atomic E-state index is 0.0177. The van der Waals surface area contributed by atoms with Gasteiger partial charge in [0, 0.05) is 49.7 Å². The predicted molar refractivity (Wildman–Crippen MR) is 90.0 cm³/mol. The zero-order valence-electron chi connectivity index (χ0n) is 14.1. The summed E-state index contributed by atoms with van der Waals surface area (Å²) in [5.41, 5.74) is 1.54. The molecule has 0 saturated carbocycles. The Morgan fingerprint density at radius 1 is 1.32 bits per heavy atom. The van der Waals surface area contributed by atoms with Crippen LogP contribution in [0.4, 0.5) is 10.5 Å². The largest absolute Gasteiger partial charge is 0.481 e. The Morgan fingerprint density at radius 2 is 2.04 bits per heavy atom. The van der Waals surface area contributed by atoms with Crippen molar-refractivity contribution in [2.24, 2.45) is 5.92 Å². The lowest BCUT2D eigenvalue weighted by molar-refractivity contribution is -0.141. The van der Waals surface area contributed by atoms with Crippen LogP contribution in [0.3, 0.4) is 0 Å². The first-order valence-electron chi connectivity index (χ1n) is 8.45. The Labute approximate surface area is 145 Å². The van der Waals surface area contributed by atoms with E-state index in [-0.39, 0.29) is 30.9 Å². The molecule has 1 atom stereocenters. The first-order valence-corrected chi connectivity index (χ1v) is 8.45. The number of aryl methyl sites for hydroxylation is 1. The van der Waals surface area contributed by atoms with Crippen LogP contribution in [-0.4, -0.2) is 63.5 Å². The maximum Gasteiger partial charge on any atom is 0.321 e. The van der Waals surface area contributed by atoms with E-state index in [2.05, 4.69) is 10.3 Å². The van der Waals surface area contributed by atoms with Gasteiger partial charge in [-0.1, -0.05) is 0 Å². The van der Waals surface area contributed by atoms with Crippen LogP contribution < -0.4 is 5.32 Å². The van der Waals surface area contributed by atoms with Crippen LogP contribution in [0.1, 0.15) is 25.0 Å². The SMILES string of the molecule is Cc1cc(NC(=O)N2CCC(N3CC(C(=O)O)CC3=O)CC2)ccn1. The molecule has 8 heteroatoms. The van der Waals surface area contributed by atoms with Crippen LogP contribution in [0.25, 0.3) is 0 Å². The topological polar surface area (TPSA) is 103 Å². The van der Waals surface area contributed by atoms with Crippen molar-refractivity contribution >= 4 is 23.6 Å². The molecule has 0 spiro atoms. The number of rotatable bonds is 3. The molecule has 3 rings (SSSR count). The number of anilines is 1. The number of piperidine rings is 1. The first-order chi connectivity index (χ1) is 11.9. The zero-order chi connectivity index (χ0) is 18.0. The average molecular weight is 346 g/mol. The van der Waals surface area contributed by atoms with E-state index in [1.807, 2.05) is 6.92 Å². The fraction of sp³-hybridized carbons (Fsp3) is 0.529. The third-order valence-electron chi connectivity index (χ3n) is 4.85. The maximum atomic E-state index is 12.3. The normalized spacial score (nSPS) is 21.5. The minimum Gasteiger partial charge on any atom is -0.481 e. The summed E-state index contributed by atoms with van der Waals surface area (Å²) >= 11 is 0. The fourth-order valence-corrected chi connectivity index (χ4v) is 3.46. The highest BCUT2D eigenvalue weighted by atomic mass is 16.4. The molecule has 8 nitrogen and oxygen atoms in total. The molecule has 2 fully saturated rings. The highest BCUT2D eigenvalue weighted by molar-refractivity contribution is 5.89. The van der Waals surface area contributed by atoms with Crippen molar-refractivity contribution in [1.29, 1.82) is 0 Å². The van der Waals surface area contributed by atoms with Crippen LogP contribution >= 0.6 is 0 Å². The van der Waals surface area contributed by atoms with Gasteiger partial charge in [0.25, 0.3) is 0 Å². The fourth-order valence-electron chi connectivity index (χ4n) is 3.46. The molecule has 1 unspecified atom stereocenters. The standard InChI is InChI=1S/C17H22N4O4/c1-11-8-13(2-5-18-11)19-17(25)20-6-3-14(4-7-20)21-10-12(16(23)24)9-15(21)22/h2,5,8,12,14H,3-4,6-7,9-10H2,1H3,(H,23,24)(H,18,19,25). The lowest BCUT2D eigenvalue weighted by Crippen LogP contribution is -2.48. The monoisotopic (exact) mass is 346 g/mol. The Hall–Kier alpha value is -2.64. The number of nitrogens with zero attached hydrogens (tertiary/aromatic N) is 3. The molecule has 2 aliphatic heterocycles. The third kappa shape index (κ3) is 3.89. The Kier molecular flexibility index (Phi) is 4.87. The number of carbonyl (C=O) groups is 3. The molecule has 3 amide bonds. The Balaban J connectivity index is 1.52. The molecule has 134 valence electrons. The van der Waals surface area contributed by atoms with Gasteiger partial charge in [-0.05, 0) is 31.9 Å². The van der Waals surface area contributed by atoms with Crippen LogP contribution in [0.15, 0.2) is 18.3 Å². The maximum absolute atomic E-state index is 12.3. The Morgan fingerprint density at radius 3 is 2.64 bits per heavy atom. The van der Waals surface area contributed by atoms with Crippen molar-refractivity contribution in [3.05, 3.63) is 24.0 Å². The number of hydrogen-bond donors (Lipinski definition) is 2. The first kappa shape index (κ1) is 17.2. The van der Waals surface area contributed by atoms with E-state index in [0.717, 1.165) is 5.69 Å². The molecule has 0 radical (unpaired) electrons. The molecule has 1 aromatic rings. The number of carboxylic acid groups (broad SMARTS) is 1. The number of urea groups is 1. The van der Waals surface area contributed by atoms with Crippen LogP contribution in [0.5, 0.6) is 0 Å². The summed E-state index contributed by atoms with van der Waals surface area (Å²) in [6.07, 6.45) is 3.06. The number of amides is 3. The second-order valence-corrected chi connectivity index (χ2v) is 6.62. The van der Waals surface area contributed by atoms with Crippen molar-refractivity contribution in [2.45, 2.75) is 32.2 Å². The molecule has 0 aliphatic carbocycles. The Bertz CT molecular complexity index is 685. The van der Waals surface area contributed by atoms with E-state index in [1.165, 1.54) is 0 Å². The molecule has 0 aromatic carbocycles. The lowest BCUT2D eigenvalue weighted by Gasteiger charge is -2.36. The van der Waals surface area contributed by atoms with Gasteiger partial charge in [-0.2, -0.15) is 0 Å². The van der Waals surface area contributed by atoms with E-state index in [0.29, 0.717) is 31.6 Å². The predicted octanol–water partition coefficient (Wildman–Crippen LogP) is 1.32. The molecule has 3 heterocycles. The summed E-state index contributed by atoms with van der Waals surface area (Å²) in [6, 6.07) is 3.40. The lowest BCUT2D eigenvalue weighted by atomic mass is 10.0. The molecular formula is C17H22N4O4. The molecule has 2 aliphatic rings.